The maximum Gasteiger partial charge on any atom is 0.305 e. The summed E-state index contributed by atoms with van der Waals surface area (Å²) < 4.78 is 15.8. The van der Waals surface area contributed by atoms with Gasteiger partial charge in [0, 0.05) is 12.8 Å². The first kappa shape index (κ1) is 33.1. The van der Waals surface area contributed by atoms with E-state index in [-0.39, 0.29) is 25.2 Å². The summed E-state index contributed by atoms with van der Waals surface area (Å²) in [5.41, 5.74) is 0. The standard InChI is InChI=1S/C31H52O6/c1-3-5-7-9-14-17-21-28-29(37-28)22-18-15-11-10-12-16-20-24-31(34)36-26-27(32)25-35-30(33)23-19-13-8-6-4-2/h10,12,14-15,17-18,27-29,32H,3-9,11,13,16,19-26H2,1-2H3/b12-10-,17-14-,18-15-/t27-,28?,29?/m0/s1. The number of hydrogen-bond acceptors (Lipinski definition) is 6. The molecule has 6 heteroatoms. The number of esters is 2. The average Bonchev–Trinajstić information content (AvgIpc) is 3.65. The van der Waals surface area contributed by atoms with Crippen LogP contribution in [0.3, 0.4) is 0 Å². The van der Waals surface area contributed by atoms with Gasteiger partial charge in [-0.15, -0.1) is 0 Å². The van der Waals surface area contributed by atoms with Gasteiger partial charge in [0.1, 0.15) is 19.3 Å². The number of rotatable bonds is 24. The molecule has 6 nitrogen and oxygen atoms in total. The van der Waals surface area contributed by atoms with Crippen molar-refractivity contribution in [2.45, 2.75) is 135 Å². The zero-order valence-electron chi connectivity index (χ0n) is 23.4. The van der Waals surface area contributed by atoms with E-state index in [2.05, 4.69) is 50.3 Å². The normalized spacial score (nSPS) is 18.1. The van der Waals surface area contributed by atoms with Crippen molar-refractivity contribution in [3.05, 3.63) is 36.5 Å². The lowest BCUT2D eigenvalue weighted by atomic mass is 10.1. The fraction of sp³-hybridized carbons (Fsp3) is 0.742. The summed E-state index contributed by atoms with van der Waals surface area (Å²) in [6.07, 6.45) is 28.3. The number of carbonyl (C=O) groups is 2. The molecule has 1 fully saturated rings. The molecule has 1 saturated heterocycles. The number of aliphatic hydroxyl groups is 1. The Kier molecular flexibility index (Phi) is 20.8. The molecule has 1 heterocycles. The SMILES string of the molecule is CCCCC/C=C\CC1OC1C/C=C\C/C=C\CCCC(=O)OC[C@@H](O)COC(=O)CCCCCCC. The van der Waals surface area contributed by atoms with Gasteiger partial charge in [0.25, 0.3) is 0 Å². The summed E-state index contributed by atoms with van der Waals surface area (Å²) in [6, 6.07) is 0. The Morgan fingerprint density at radius 2 is 1.22 bits per heavy atom. The smallest absolute Gasteiger partial charge is 0.305 e. The number of epoxide rings is 1. The van der Waals surface area contributed by atoms with Crippen LogP contribution in [0.15, 0.2) is 36.5 Å². The number of unbranched alkanes of at least 4 members (excludes halogenated alkanes) is 8. The van der Waals surface area contributed by atoms with Crippen molar-refractivity contribution in [3.63, 3.8) is 0 Å². The predicted molar refractivity (Wildman–Crippen MR) is 149 cm³/mol. The van der Waals surface area contributed by atoms with E-state index in [0.717, 1.165) is 44.9 Å². The van der Waals surface area contributed by atoms with Gasteiger partial charge in [-0.05, 0) is 51.4 Å². The van der Waals surface area contributed by atoms with E-state index in [1.807, 2.05) is 0 Å². The maximum absolute atomic E-state index is 11.8. The molecule has 0 bridgehead atoms. The minimum Gasteiger partial charge on any atom is -0.463 e. The van der Waals surface area contributed by atoms with Crippen molar-refractivity contribution in [3.8, 4) is 0 Å². The van der Waals surface area contributed by atoms with Crippen LogP contribution >= 0.6 is 0 Å². The van der Waals surface area contributed by atoms with Crippen LogP contribution in [0.25, 0.3) is 0 Å². The van der Waals surface area contributed by atoms with Gasteiger partial charge < -0.3 is 19.3 Å². The molecule has 0 saturated carbocycles. The van der Waals surface area contributed by atoms with Crippen LogP contribution in [0, 0.1) is 0 Å². The molecule has 1 aliphatic rings. The highest BCUT2D eigenvalue weighted by Gasteiger charge is 2.35. The lowest BCUT2D eigenvalue weighted by Crippen LogP contribution is -2.25. The number of allylic oxidation sites excluding steroid dienone is 4. The zero-order chi connectivity index (χ0) is 27.0. The molecule has 1 rings (SSSR count). The largest absolute Gasteiger partial charge is 0.463 e. The predicted octanol–water partition coefficient (Wildman–Crippen LogP) is 7.15. The van der Waals surface area contributed by atoms with Crippen LogP contribution in [0.4, 0.5) is 0 Å². The molecule has 2 unspecified atom stereocenters. The quantitative estimate of drug-likeness (QED) is 0.0629. The van der Waals surface area contributed by atoms with E-state index in [1.54, 1.807) is 0 Å². The van der Waals surface area contributed by atoms with Crippen molar-refractivity contribution < 1.29 is 28.9 Å². The van der Waals surface area contributed by atoms with E-state index in [9.17, 15) is 14.7 Å². The summed E-state index contributed by atoms with van der Waals surface area (Å²) in [4.78, 5) is 23.5. The van der Waals surface area contributed by atoms with Gasteiger partial charge in [-0.1, -0.05) is 88.8 Å². The Hall–Kier alpha value is -1.92. The highest BCUT2D eigenvalue weighted by atomic mass is 16.6. The van der Waals surface area contributed by atoms with E-state index in [4.69, 9.17) is 14.2 Å². The number of aliphatic hydroxyl groups excluding tert-OH is 1. The van der Waals surface area contributed by atoms with Crippen LogP contribution in [-0.2, 0) is 23.8 Å². The van der Waals surface area contributed by atoms with Crippen LogP contribution in [0.5, 0.6) is 0 Å². The van der Waals surface area contributed by atoms with Gasteiger partial charge in [0.2, 0.25) is 0 Å². The molecular formula is C31H52O6. The van der Waals surface area contributed by atoms with E-state index in [0.29, 0.717) is 31.5 Å². The molecule has 1 N–H and O–H groups in total. The Labute approximate surface area is 225 Å². The number of ether oxygens (including phenoxy) is 3. The molecular weight excluding hydrogens is 468 g/mol. The monoisotopic (exact) mass is 520 g/mol. The Morgan fingerprint density at radius 3 is 1.89 bits per heavy atom. The molecule has 1 aliphatic heterocycles. The third kappa shape index (κ3) is 20.8. The van der Waals surface area contributed by atoms with Crippen molar-refractivity contribution in [2.24, 2.45) is 0 Å². The third-order valence-corrected chi connectivity index (χ3v) is 6.28. The molecule has 0 aromatic heterocycles. The highest BCUT2D eigenvalue weighted by molar-refractivity contribution is 5.69. The summed E-state index contributed by atoms with van der Waals surface area (Å²) in [6.45, 7) is 4.09. The maximum atomic E-state index is 11.8. The molecule has 0 aromatic carbocycles. The Balaban J connectivity index is 1.93. The summed E-state index contributed by atoms with van der Waals surface area (Å²) >= 11 is 0. The Bertz CT molecular complexity index is 669. The molecule has 0 aromatic rings. The molecule has 3 atom stereocenters. The van der Waals surface area contributed by atoms with E-state index < -0.39 is 6.10 Å². The molecule has 0 aliphatic carbocycles. The van der Waals surface area contributed by atoms with Gasteiger partial charge in [-0.3, -0.25) is 9.59 Å². The first-order chi connectivity index (χ1) is 18.1. The van der Waals surface area contributed by atoms with Crippen molar-refractivity contribution in [2.75, 3.05) is 13.2 Å². The van der Waals surface area contributed by atoms with Crippen LogP contribution in [0.2, 0.25) is 0 Å². The van der Waals surface area contributed by atoms with Gasteiger partial charge in [0.05, 0.1) is 12.2 Å². The zero-order valence-corrected chi connectivity index (χ0v) is 23.4. The van der Waals surface area contributed by atoms with Crippen molar-refractivity contribution in [1.82, 2.24) is 0 Å². The Morgan fingerprint density at radius 1 is 0.703 bits per heavy atom. The molecule has 0 amide bonds. The third-order valence-electron chi connectivity index (χ3n) is 6.28. The van der Waals surface area contributed by atoms with Gasteiger partial charge in [-0.25, -0.2) is 0 Å². The first-order valence-electron chi connectivity index (χ1n) is 14.7. The van der Waals surface area contributed by atoms with Crippen LogP contribution in [0.1, 0.15) is 117 Å². The van der Waals surface area contributed by atoms with Gasteiger partial charge in [0.15, 0.2) is 0 Å². The van der Waals surface area contributed by atoms with Crippen LogP contribution < -0.4 is 0 Å². The topological polar surface area (TPSA) is 85.4 Å². The average molecular weight is 521 g/mol. The molecule has 0 radical (unpaired) electrons. The first-order valence-corrected chi connectivity index (χ1v) is 14.7. The second-order valence-corrected chi connectivity index (χ2v) is 9.91. The fourth-order valence-corrected chi connectivity index (χ4v) is 3.88. The summed E-state index contributed by atoms with van der Waals surface area (Å²) in [5.74, 6) is -0.654. The van der Waals surface area contributed by atoms with Gasteiger partial charge >= 0.3 is 11.9 Å². The lowest BCUT2D eigenvalue weighted by Gasteiger charge is -2.12. The fourth-order valence-electron chi connectivity index (χ4n) is 3.88. The molecule has 212 valence electrons. The highest BCUT2D eigenvalue weighted by Crippen LogP contribution is 2.29. The summed E-state index contributed by atoms with van der Waals surface area (Å²) in [7, 11) is 0. The number of hydrogen-bond donors (Lipinski definition) is 1. The molecule has 37 heavy (non-hydrogen) atoms. The molecule has 0 spiro atoms. The summed E-state index contributed by atoms with van der Waals surface area (Å²) in [5, 5.41) is 9.85. The van der Waals surface area contributed by atoms with Gasteiger partial charge in [-0.2, -0.15) is 0 Å². The van der Waals surface area contributed by atoms with Crippen molar-refractivity contribution in [1.29, 1.82) is 0 Å². The van der Waals surface area contributed by atoms with Crippen LogP contribution in [-0.4, -0.2) is 48.6 Å². The minimum atomic E-state index is -0.983. The lowest BCUT2D eigenvalue weighted by molar-refractivity contribution is -0.152. The van der Waals surface area contributed by atoms with E-state index >= 15 is 0 Å². The van der Waals surface area contributed by atoms with E-state index in [1.165, 1.54) is 38.5 Å². The second kappa shape index (κ2) is 23.2. The second-order valence-electron chi connectivity index (χ2n) is 9.91. The number of carbonyl (C=O) groups excluding carboxylic acids is 2. The minimum absolute atomic E-state index is 0.138. The van der Waals surface area contributed by atoms with Crippen molar-refractivity contribution >= 4 is 11.9 Å².